The van der Waals surface area contributed by atoms with Gasteiger partial charge in [-0.2, -0.15) is 15.6 Å². The van der Waals surface area contributed by atoms with Crippen LogP contribution in [0.3, 0.4) is 0 Å². The number of halogens is 1. The molecule has 2 aromatic heterocycles. The summed E-state index contributed by atoms with van der Waals surface area (Å²) in [6, 6.07) is 9.60. The van der Waals surface area contributed by atoms with Gasteiger partial charge in [-0.05, 0) is 31.2 Å². The van der Waals surface area contributed by atoms with Crippen LogP contribution in [0.25, 0.3) is 11.3 Å². The molecule has 3 aromatic rings. The lowest BCUT2D eigenvalue weighted by molar-refractivity contribution is 0.835. The second-order valence-corrected chi connectivity index (χ2v) is 5.34. The third kappa shape index (κ3) is 2.85. The molecule has 0 atom stereocenters. The Balaban J connectivity index is 1.99. The molecule has 3 rings (SSSR count). The van der Waals surface area contributed by atoms with Crippen molar-refractivity contribution in [3.05, 3.63) is 52.7 Å². The topological polar surface area (TPSA) is 108 Å². The number of nitrogens with one attached hydrogen (secondary N) is 2. The van der Waals surface area contributed by atoms with E-state index in [4.69, 9.17) is 11.6 Å². The molecule has 0 spiro atoms. The summed E-state index contributed by atoms with van der Waals surface area (Å²) in [6.45, 7) is 3.75. The number of hydrogen-bond acceptors (Lipinski definition) is 6. The Labute approximate surface area is 142 Å². The fourth-order valence-corrected chi connectivity index (χ4v) is 2.33. The van der Waals surface area contributed by atoms with Crippen LogP contribution in [0.15, 0.2) is 30.5 Å². The fraction of sp³-hybridized carbons (Fsp3) is 0.133. The quantitative estimate of drug-likeness (QED) is 0.707. The SMILES string of the molecule is Cc1nn(-c2ccccc2NC=C(C#N)c2nn[nH]n2)c(C)c1Cl. The highest BCUT2D eigenvalue weighted by Crippen LogP contribution is 2.26. The van der Waals surface area contributed by atoms with Crippen molar-refractivity contribution in [1.82, 2.24) is 30.4 Å². The van der Waals surface area contributed by atoms with Crippen molar-refractivity contribution in [3.63, 3.8) is 0 Å². The van der Waals surface area contributed by atoms with Crippen LogP contribution in [0, 0.1) is 25.2 Å². The summed E-state index contributed by atoms with van der Waals surface area (Å²) < 4.78 is 1.76. The lowest BCUT2D eigenvalue weighted by Gasteiger charge is -2.11. The van der Waals surface area contributed by atoms with E-state index < -0.39 is 0 Å². The molecule has 0 radical (unpaired) electrons. The Bertz CT molecular complexity index is 933. The minimum absolute atomic E-state index is 0.219. The summed E-state index contributed by atoms with van der Waals surface area (Å²) in [5.74, 6) is 0.219. The van der Waals surface area contributed by atoms with Crippen molar-refractivity contribution >= 4 is 22.9 Å². The first-order chi connectivity index (χ1) is 11.6. The molecule has 0 bridgehead atoms. The monoisotopic (exact) mass is 340 g/mol. The van der Waals surface area contributed by atoms with E-state index in [-0.39, 0.29) is 11.4 Å². The number of rotatable bonds is 4. The predicted octanol–water partition coefficient (Wildman–Crippen LogP) is 2.63. The van der Waals surface area contributed by atoms with Gasteiger partial charge in [0.25, 0.3) is 0 Å². The molecule has 24 heavy (non-hydrogen) atoms. The second-order valence-electron chi connectivity index (χ2n) is 4.96. The molecule has 0 saturated heterocycles. The van der Waals surface area contributed by atoms with Gasteiger partial charge in [0, 0.05) is 6.20 Å². The van der Waals surface area contributed by atoms with Gasteiger partial charge in [-0.25, -0.2) is 4.68 Å². The maximum absolute atomic E-state index is 9.23. The first-order valence-corrected chi connectivity index (χ1v) is 7.41. The molecule has 0 aliphatic heterocycles. The van der Waals surface area contributed by atoms with Gasteiger partial charge >= 0.3 is 0 Å². The summed E-state index contributed by atoms with van der Waals surface area (Å²) in [6.07, 6.45) is 1.52. The normalized spacial score (nSPS) is 11.3. The van der Waals surface area contributed by atoms with Crippen LogP contribution >= 0.6 is 11.6 Å². The summed E-state index contributed by atoms with van der Waals surface area (Å²) in [4.78, 5) is 0. The largest absolute Gasteiger partial charge is 0.359 e. The van der Waals surface area contributed by atoms with E-state index in [9.17, 15) is 5.26 Å². The Morgan fingerprint density at radius 3 is 2.79 bits per heavy atom. The number of aryl methyl sites for hydroxylation is 1. The van der Waals surface area contributed by atoms with Crippen LogP contribution < -0.4 is 5.32 Å². The van der Waals surface area contributed by atoms with Crippen LogP contribution in [0.1, 0.15) is 17.2 Å². The molecular weight excluding hydrogens is 328 g/mol. The molecule has 2 N–H and O–H groups in total. The maximum atomic E-state index is 9.23. The first kappa shape index (κ1) is 15.7. The van der Waals surface area contributed by atoms with Gasteiger partial charge in [-0.15, -0.1) is 10.2 Å². The molecule has 0 amide bonds. The van der Waals surface area contributed by atoms with Crippen LogP contribution in [0.2, 0.25) is 5.02 Å². The summed E-state index contributed by atoms with van der Waals surface area (Å²) >= 11 is 6.23. The number of nitriles is 1. The zero-order valence-corrected chi connectivity index (χ0v) is 13.7. The van der Waals surface area contributed by atoms with Crippen molar-refractivity contribution in [2.24, 2.45) is 0 Å². The van der Waals surface area contributed by atoms with E-state index in [1.165, 1.54) is 6.20 Å². The van der Waals surface area contributed by atoms with E-state index in [0.717, 1.165) is 22.8 Å². The van der Waals surface area contributed by atoms with Crippen molar-refractivity contribution in [2.75, 3.05) is 5.32 Å². The highest BCUT2D eigenvalue weighted by Gasteiger charge is 2.13. The van der Waals surface area contributed by atoms with Crippen molar-refractivity contribution in [1.29, 1.82) is 5.26 Å². The zero-order valence-electron chi connectivity index (χ0n) is 12.9. The molecule has 9 heteroatoms. The van der Waals surface area contributed by atoms with Gasteiger partial charge in [0.2, 0.25) is 5.82 Å². The lowest BCUT2D eigenvalue weighted by Crippen LogP contribution is -2.03. The number of aromatic amines is 1. The van der Waals surface area contributed by atoms with Crippen LogP contribution in [-0.2, 0) is 0 Å². The number of nitrogens with zero attached hydrogens (tertiary/aromatic N) is 6. The number of allylic oxidation sites excluding steroid dienone is 1. The lowest BCUT2D eigenvalue weighted by atomic mass is 10.2. The van der Waals surface area contributed by atoms with Gasteiger partial charge in [-0.3, -0.25) is 0 Å². The molecule has 120 valence electrons. The average molecular weight is 341 g/mol. The van der Waals surface area contributed by atoms with Gasteiger partial charge in [0.1, 0.15) is 11.6 Å². The molecule has 0 unspecified atom stereocenters. The molecule has 0 aliphatic carbocycles. The highest BCUT2D eigenvalue weighted by atomic mass is 35.5. The predicted molar refractivity (Wildman–Crippen MR) is 89.4 cm³/mol. The fourth-order valence-electron chi connectivity index (χ4n) is 2.21. The minimum atomic E-state index is 0.219. The number of para-hydroxylation sites is 2. The Kier molecular flexibility index (Phi) is 4.26. The number of benzene rings is 1. The standard InChI is InChI=1S/C15H13ClN8/c1-9-14(16)10(2)24(21-9)13-6-4-3-5-12(13)18-8-11(7-17)15-19-22-23-20-15/h3-6,8,18H,1-2H3,(H,19,20,22,23). The van der Waals surface area contributed by atoms with E-state index >= 15 is 0 Å². The van der Waals surface area contributed by atoms with Gasteiger partial charge < -0.3 is 5.32 Å². The molecule has 2 heterocycles. The highest BCUT2D eigenvalue weighted by molar-refractivity contribution is 6.31. The van der Waals surface area contributed by atoms with Crippen molar-refractivity contribution in [3.8, 4) is 11.8 Å². The molecule has 1 aromatic carbocycles. The Hall–Kier alpha value is -3.18. The van der Waals surface area contributed by atoms with Gasteiger partial charge in [0.15, 0.2) is 0 Å². The van der Waals surface area contributed by atoms with E-state index in [0.29, 0.717) is 5.02 Å². The Morgan fingerprint density at radius 1 is 1.38 bits per heavy atom. The van der Waals surface area contributed by atoms with Gasteiger partial charge in [-0.1, -0.05) is 23.7 Å². The number of H-pyrrole nitrogens is 1. The second kappa shape index (κ2) is 6.52. The molecule has 8 nitrogen and oxygen atoms in total. The average Bonchev–Trinajstić information content (AvgIpc) is 3.21. The van der Waals surface area contributed by atoms with Crippen LogP contribution in [0.4, 0.5) is 5.69 Å². The van der Waals surface area contributed by atoms with Crippen molar-refractivity contribution in [2.45, 2.75) is 13.8 Å². The van der Waals surface area contributed by atoms with Crippen LogP contribution in [-0.4, -0.2) is 30.4 Å². The van der Waals surface area contributed by atoms with Gasteiger partial charge in [0.05, 0.1) is 27.8 Å². The zero-order chi connectivity index (χ0) is 17.1. The van der Waals surface area contributed by atoms with Crippen molar-refractivity contribution < 1.29 is 0 Å². The third-order valence-corrected chi connectivity index (χ3v) is 3.96. The first-order valence-electron chi connectivity index (χ1n) is 7.03. The maximum Gasteiger partial charge on any atom is 0.216 e. The number of hydrogen-bond donors (Lipinski definition) is 2. The summed E-state index contributed by atoms with van der Waals surface area (Å²) in [5, 5.41) is 30.8. The summed E-state index contributed by atoms with van der Waals surface area (Å²) in [5.41, 5.74) is 3.42. The smallest absolute Gasteiger partial charge is 0.216 e. The van der Waals surface area contributed by atoms with E-state index in [1.54, 1.807) is 4.68 Å². The summed E-state index contributed by atoms with van der Waals surface area (Å²) in [7, 11) is 0. The Morgan fingerprint density at radius 2 is 2.17 bits per heavy atom. The number of aromatic nitrogens is 6. The molecule has 0 saturated carbocycles. The van der Waals surface area contributed by atoms with E-state index in [1.807, 2.05) is 44.2 Å². The number of anilines is 1. The molecule has 0 aliphatic rings. The number of tetrazole rings is 1. The van der Waals surface area contributed by atoms with E-state index in [2.05, 4.69) is 31.0 Å². The molecule has 0 fully saturated rings. The minimum Gasteiger partial charge on any atom is -0.359 e. The third-order valence-electron chi connectivity index (χ3n) is 3.41. The van der Waals surface area contributed by atoms with Crippen LogP contribution in [0.5, 0.6) is 0 Å². The molecular formula is C15H13ClN8.